The average Bonchev–Trinajstić information content (AvgIpc) is 2.80. The molecule has 0 saturated heterocycles. The summed E-state index contributed by atoms with van der Waals surface area (Å²) in [5, 5.41) is 10.7. The van der Waals surface area contributed by atoms with Gasteiger partial charge in [0.15, 0.2) is 5.75 Å². The van der Waals surface area contributed by atoms with Crippen molar-refractivity contribution in [2.24, 2.45) is 0 Å². The molecule has 1 aromatic carbocycles. The Bertz CT molecular complexity index is 1370. The third-order valence-corrected chi connectivity index (χ3v) is 5.19. The molecule has 33 heavy (non-hydrogen) atoms. The molecule has 168 valence electrons. The third kappa shape index (κ3) is 4.67. The second kappa shape index (κ2) is 9.07. The molecule has 1 amide bonds. The van der Waals surface area contributed by atoms with Gasteiger partial charge in [-0.1, -0.05) is 18.2 Å². The minimum absolute atomic E-state index is 0.111. The van der Waals surface area contributed by atoms with Gasteiger partial charge in [-0.15, -0.1) is 0 Å². The summed E-state index contributed by atoms with van der Waals surface area (Å²) in [6.07, 6.45) is 3.58. The third-order valence-electron chi connectivity index (χ3n) is 5.19. The van der Waals surface area contributed by atoms with Crippen molar-refractivity contribution in [1.29, 1.82) is 0 Å². The highest BCUT2D eigenvalue weighted by molar-refractivity contribution is 6.01. The second-order valence-corrected chi connectivity index (χ2v) is 7.59. The SMILES string of the molecule is COc1ccc(CN(C)C(=O)c2c(O)c3ncc(Cc4ccc(F)cc4)cc3[nH]c2=O)cn1. The van der Waals surface area contributed by atoms with Gasteiger partial charge in [-0.2, -0.15) is 0 Å². The van der Waals surface area contributed by atoms with Crippen molar-refractivity contribution in [1.82, 2.24) is 19.9 Å². The maximum atomic E-state index is 13.1. The van der Waals surface area contributed by atoms with Gasteiger partial charge < -0.3 is 19.7 Å². The van der Waals surface area contributed by atoms with Crippen LogP contribution >= 0.6 is 0 Å². The first-order valence-corrected chi connectivity index (χ1v) is 10.1. The molecule has 0 saturated carbocycles. The van der Waals surface area contributed by atoms with Gasteiger partial charge in [-0.25, -0.2) is 9.37 Å². The summed E-state index contributed by atoms with van der Waals surface area (Å²) in [6, 6.07) is 11.2. The van der Waals surface area contributed by atoms with E-state index in [1.54, 1.807) is 42.7 Å². The van der Waals surface area contributed by atoms with Gasteiger partial charge in [0.2, 0.25) is 5.88 Å². The Kier molecular flexibility index (Phi) is 6.03. The van der Waals surface area contributed by atoms with Crippen molar-refractivity contribution in [3.05, 3.63) is 93.3 Å². The highest BCUT2D eigenvalue weighted by atomic mass is 19.1. The van der Waals surface area contributed by atoms with E-state index in [4.69, 9.17) is 4.74 Å². The summed E-state index contributed by atoms with van der Waals surface area (Å²) in [7, 11) is 3.03. The van der Waals surface area contributed by atoms with Crippen molar-refractivity contribution in [3.8, 4) is 11.6 Å². The van der Waals surface area contributed by atoms with Crippen LogP contribution in [0.3, 0.4) is 0 Å². The molecule has 0 aliphatic carbocycles. The van der Waals surface area contributed by atoms with Crippen LogP contribution in [0, 0.1) is 5.82 Å². The van der Waals surface area contributed by atoms with Gasteiger partial charge in [0.1, 0.15) is 16.9 Å². The normalized spacial score (nSPS) is 10.9. The minimum atomic E-state index is -0.717. The highest BCUT2D eigenvalue weighted by Crippen LogP contribution is 2.25. The molecule has 3 heterocycles. The largest absolute Gasteiger partial charge is 0.505 e. The number of hydrogen-bond acceptors (Lipinski definition) is 6. The molecule has 0 atom stereocenters. The molecule has 0 aliphatic heterocycles. The van der Waals surface area contributed by atoms with E-state index in [1.807, 2.05) is 0 Å². The summed E-state index contributed by atoms with van der Waals surface area (Å²) in [5.41, 5.74) is 1.66. The van der Waals surface area contributed by atoms with E-state index in [2.05, 4.69) is 15.0 Å². The number of carbonyl (C=O) groups is 1. The number of carbonyl (C=O) groups excluding carboxylic acids is 1. The molecule has 3 aromatic heterocycles. The molecule has 4 aromatic rings. The number of rotatable bonds is 6. The molecule has 0 fully saturated rings. The topological polar surface area (TPSA) is 108 Å². The summed E-state index contributed by atoms with van der Waals surface area (Å²) in [5.74, 6) is -1.01. The standard InChI is InChI=1S/C24H21FN4O4/c1-29(13-15-5-8-19(33-2)26-11-15)24(32)20-22(30)21-18(28-23(20)31)10-16(12-27-21)9-14-3-6-17(25)7-4-14/h3-8,10-12H,9,13H2,1-2H3,(H2,28,30,31). The number of aromatic hydroxyl groups is 1. The predicted octanol–water partition coefficient (Wildman–Crippen LogP) is 3.03. The fourth-order valence-electron chi connectivity index (χ4n) is 3.50. The summed E-state index contributed by atoms with van der Waals surface area (Å²) in [4.78, 5) is 37.9. The van der Waals surface area contributed by atoms with Crippen LogP contribution in [0.4, 0.5) is 4.39 Å². The number of methoxy groups -OCH3 is 1. The number of halogens is 1. The molecule has 2 N–H and O–H groups in total. The minimum Gasteiger partial charge on any atom is -0.505 e. The first-order valence-electron chi connectivity index (χ1n) is 10.1. The van der Waals surface area contributed by atoms with Crippen molar-refractivity contribution in [2.75, 3.05) is 14.2 Å². The molecule has 0 aliphatic rings. The number of hydrogen-bond donors (Lipinski definition) is 2. The van der Waals surface area contributed by atoms with E-state index < -0.39 is 17.2 Å². The van der Waals surface area contributed by atoms with E-state index >= 15 is 0 Å². The van der Waals surface area contributed by atoms with Crippen molar-refractivity contribution in [3.63, 3.8) is 0 Å². The van der Waals surface area contributed by atoms with E-state index in [1.165, 1.54) is 31.2 Å². The lowest BCUT2D eigenvalue weighted by molar-refractivity contribution is 0.0780. The fourth-order valence-corrected chi connectivity index (χ4v) is 3.50. The Balaban J connectivity index is 1.60. The Morgan fingerprint density at radius 3 is 2.45 bits per heavy atom. The van der Waals surface area contributed by atoms with E-state index in [9.17, 15) is 19.1 Å². The molecule has 9 heteroatoms. The maximum Gasteiger partial charge on any atom is 0.265 e. The smallest absolute Gasteiger partial charge is 0.265 e. The zero-order chi connectivity index (χ0) is 23.5. The summed E-state index contributed by atoms with van der Waals surface area (Å²) >= 11 is 0. The first-order chi connectivity index (χ1) is 15.9. The van der Waals surface area contributed by atoms with Crippen LogP contribution in [0.1, 0.15) is 27.0 Å². The second-order valence-electron chi connectivity index (χ2n) is 7.59. The van der Waals surface area contributed by atoms with Crippen LogP contribution in [0.5, 0.6) is 11.6 Å². The lowest BCUT2D eigenvalue weighted by Gasteiger charge is -2.18. The van der Waals surface area contributed by atoms with E-state index in [0.717, 1.165) is 16.7 Å². The summed E-state index contributed by atoms with van der Waals surface area (Å²) < 4.78 is 18.1. The van der Waals surface area contributed by atoms with Crippen LogP contribution in [0.25, 0.3) is 11.0 Å². The van der Waals surface area contributed by atoms with Crippen LogP contribution in [-0.4, -0.2) is 45.0 Å². The Labute approximate surface area is 188 Å². The number of ether oxygens (including phenoxy) is 1. The van der Waals surface area contributed by atoms with Crippen molar-refractivity contribution in [2.45, 2.75) is 13.0 Å². The van der Waals surface area contributed by atoms with E-state index in [0.29, 0.717) is 17.8 Å². The zero-order valence-electron chi connectivity index (χ0n) is 18.0. The van der Waals surface area contributed by atoms with Gasteiger partial charge in [-0.3, -0.25) is 14.6 Å². The lowest BCUT2D eigenvalue weighted by atomic mass is 10.1. The number of amides is 1. The monoisotopic (exact) mass is 448 g/mol. The van der Waals surface area contributed by atoms with Crippen molar-refractivity contribution < 1.29 is 19.0 Å². The maximum absolute atomic E-state index is 13.1. The number of aromatic amines is 1. The van der Waals surface area contributed by atoms with Crippen LogP contribution in [0.2, 0.25) is 0 Å². The van der Waals surface area contributed by atoms with Crippen LogP contribution in [0.15, 0.2) is 59.7 Å². The molecular weight excluding hydrogens is 427 g/mol. The number of nitrogens with zero attached hydrogens (tertiary/aromatic N) is 3. The predicted molar refractivity (Wildman–Crippen MR) is 120 cm³/mol. The van der Waals surface area contributed by atoms with Gasteiger partial charge in [0, 0.05) is 32.1 Å². The van der Waals surface area contributed by atoms with Gasteiger partial charge in [-0.05, 0) is 41.3 Å². The number of aromatic nitrogens is 3. The van der Waals surface area contributed by atoms with E-state index in [-0.39, 0.29) is 23.4 Å². The molecule has 8 nitrogen and oxygen atoms in total. The Morgan fingerprint density at radius 1 is 1.09 bits per heavy atom. The molecule has 4 rings (SSSR count). The zero-order valence-corrected chi connectivity index (χ0v) is 18.0. The number of fused-ring (bicyclic) bond motifs is 1. The molecule has 0 radical (unpaired) electrons. The lowest BCUT2D eigenvalue weighted by Crippen LogP contribution is -2.31. The average molecular weight is 448 g/mol. The first kappa shape index (κ1) is 21.9. The molecule has 0 spiro atoms. The van der Waals surface area contributed by atoms with Crippen LogP contribution < -0.4 is 10.3 Å². The highest BCUT2D eigenvalue weighted by Gasteiger charge is 2.23. The van der Waals surface area contributed by atoms with Gasteiger partial charge in [0.05, 0.1) is 12.6 Å². The van der Waals surface area contributed by atoms with Gasteiger partial charge in [0.25, 0.3) is 11.5 Å². The number of nitrogens with one attached hydrogen (secondary N) is 1. The Hall–Kier alpha value is -4.27. The Morgan fingerprint density at radius 2 is 1.79 bits per heavy atom. The molecule has 0 unspecified atom stereocenters. The fraction of sp³-hybridized carbons (Fsp3) is 0.167. The molecule has 0 bridgehead atoms. The quantitative estimate of drug-likeness (QED) is 0.469. The number of H-pyrrole nitrogens is 1. The molecular formula is C24H21FN4O4. The summed E-state index contributed by atoms with van der Waals surface area (Å²) in [6.45, 7) is 0.177. The van der Waals surface area contributed by atoms with Crippen molar-refractivity contribution >= 4 is 16.9 Å². The number of benzene rings is 1. The van der Waals surface area contributed by atoms with Crippen LogP contribution in [-0.2, 0) is 13.0 Å². The van der Waals surface area contributed by atoms with Gasteiger partial charge >= 0.3 is 0 Å². The number of pyridine rings is 3.